The van der Waals surface area contributed by atoms with Gasteiger partial charge in [0, 0.05) is 29.4 Å². The van der Waals surface area contributed by atoms with Crippen molar-refractivity contribution in [3.8, 4) is 33.4 Å². The first-order valence-corrected chi connectivity index (χ1v) is 20.2. The molecule has 0 amide bonds. The third kappa shape index (κ3) is 4.29. The lowest BCUT2D eigenvalue weighted by Gasteiger charge is -2.38. The summed E-state index contributed by atoms with van der Waals surface area (Å²) < 4.78 is 0. The van der Waals surface area contributed by atoms with Gasteiger partial charge in [0.1, 0.15) is 0 Å². The first-order chi connectivity index (χ1) is 25.7. The van der Waals surface area contributed by atoms with Crippen LogP contribution < -0.4 is 16.4 Å². The van der Waals surface area contributed by atoms with Crippen molar-refractivity contribution in [2.45, 2.75) is 29.4 Å². The minimum absolute atomic E-state index is 0.320. The third-order valence-corrected chi connectivity index (χ3v) is 14.6. The largest absolute Gasteiger partial charge is 0.250 e. The number of benzene rings is 9. The fourth-order valence-electron chi connectivity index (χ4n) is 8.83. The summed E-state index contributed by atoms with van der Waals surface area (Å²) in [6, 6.07) is 61.4. The highest BCUT2D eigenvalue weighted by molar-refractivity contribution is 8.02. The second-order valence-electron chi connectivity index (χ2n) is 14.0. The zero-order chi connectivity index (χ0) is 33.9. The molecule has 0 aliphatic carbocycles. The van der Waals surface area contributed by atoms with E-state index in [1.165, 1.54) is 111 Å². The van der Waals surface area contributed by atoms with Crippen LogP contribution in [0.25, 0.3) is 65.7 Å². The van der Waals surface area contributed by atoms with Crippen LogP contribution in [0.5, 0.6) is 0 Å². The summed E-state index contributed by atoms with van der Waals surface area (Å²) in [5, 5.41) is 7.84. The van der Waals surface area contributed by atoms with Crippen LogP contribution in [-0.4, -0.2) is 6.71 Å². The normalized spacial score (nSPS) is 13.5. The van der Waals surface area contributed by atoms with Crippen LogP contribution >= 0.6 is 35.3 Å². The van der Waals surface area contributed by atoms with Crippen molar-refractivity contribution in [2.24, 2.45) is 0 Å². The van der Waals surface area contributed by atoms with E-state index in [9.17, 15) is 0 Å². The monoisotopic (exact) mass is 710 g/mol. The van der Waals surface area contributed by atoms with E-state index in [4.69, 9.17) is 0 Å². The highest BCUT2D eigenvalue weighted by Gasteiger charge is 2.43. The van der Waals surface area contributed by atoms with E-state index in [1.807, 2.05) is 35.3 Å². The molecule has 3 aliphatic heterocycles. The quantitative estimate of drug-likeness (QED) is 0.132. The lowest BCUT2D eigenvalue weighted by molar-refractivity contribution is 1.27. The Balaban J connectivity index is 0.954. The maximum absolute atomic E-state index is 2.45. The summed E-state index contributed by atoms with van der Waals surface area (Å²) in [6.45, 7) is 0.320. The fourth-order valence-corrected chi connectivity index (χ4v) is 12.7. The van der Waals surface area contributed by atoms with Crippen molar-refractivity contribution in [1.29, 1.82) is 0 Å². The van der Waals surface area contributed by atoms with Crippen LogP contribution in [0.4, 0.5) is 0 Å². The molecular formula is C48H27BS3. The Hall–Kier alpha value is -5.13. The number of fused-ring (bicyclic) bond motifs is 6. The molecule has 0 unspecified atom stereocenters. The lowest BCUT2D eigenvalue weighted by Crippen LogP contribution is -2.60. The van der Waals surface area contributed by atoms with Gasteiger partial charge in [0.15, 0.2) is 0 Å². The zero-order valence-electron chi connectivity index (χ0n) is 27.9. The predicted octanol–water partition coefficient (Wildman–Crippen LogP) is 12.1. The Morgan fingerprint density at radius 1 is 0.250 bits per heavy atom. The van der Waals surface area contributed by atoms with Gasteiger partial charge in [0.05, 0.1) is 0 Å². The van der Waals surface area contributed by atoms with Gasteiger partial charge in [0.25, 0.3) is 0 Å². The Labute approximate surface area is 315 Å². The molecule has 12 rings (SSSR count). The Morgan fingerprint density at radius 2 is 0.615 bits per heavy atom. The first-order valence-electron chi connectivity index (χ1n) is 17.8. The van der Waals surface area contributed by atoms with Crippen molar-refractivity contribution in [2.75, 3.05) is 0 Å². The van der Waals surface area contributed by atoms with E-state index < -0.39 is 0 Å². The van der Waals surface area contributed by atoms with E-state index in [0.29, 0.717) is 6.71 Å². The van der Waals surface area contributed by atoms with E-state index in [2.05, 4.69) is 164 Å². The molecule has 0 saturated carbocycles. The predicted molar refractivity (Wildman–Crippen MR) is 225 cm³/mol. The molecule has 52 heavy (non-hydrogen) atoms. The molecule has 4 heteroatoms. The fraction of sp³-hybridized carbons (Fsp3) is 0. The lowest BCUT2D eigenvalue weighted by atomic mass is 9.36. The third-order valence-electron chi connectivity index (χ3n) is 11.2. The minimum atomic E-state index is 0.320. The molecular weight excluding hydrogens is 684 g/mol. The molecule has 0 N–H and O–H groups in total. The molecule has 0 radical (unpaired) electrons. The summed E-state index contributed by atoms with van der Waals surface area (Å²) in [6.07, 6.45) is 0. The molecule has 9 aromatic rings. The van der Waals surface area contributed by atoms with Crippen molar-refractivity contribution in [1.82, 2.24) is 0 Å². The molecule has 3 aliphatic rings. The van der Waals surface area contributed by atoms with Crippen LogP contribution in [0.3, 0.4) is 0 Å². The summed E-state index contributed by atoms with van der Waals surface area (Å²) in [5.74, 6) is 0. The van der Waals surface area contributed by atoms with E-state index in [0.717, 1.165) is 0 Å². The molecule has 0 spiro atoms. The number of rotatable bonds is 3. The van der Waals surface area contributed by atoms with E-state index in [-0.39, 0.29) is 0 Å². The Kier molecular flexibility index (Phi) is 6.34. The van der Waals surface area contributed by atoms with Gasteiger partial charge >= 0.3 is 0 Å². The maximum atomic E-state index is 2.45. The molecule has 0 aromatic heterocycles. The second kappa shape index (κ2) is 11.2. The Morgan fingerprint density at radius 3 is 1.12 bits per heavy atom. The molecule has 0 nitrogen and oxygen atoms in total. The molecule has 0 saturated heterocycles. The smallest absolute Gasteiger partial charge is 0.0911 e. The Bertz CT molecular complexity index is 2910. The maximum Gasteiger partial charge on any atom is 0.250 e. The zero-order valence-corrected chi connectivity index (χ0v) is 30.3. The molecule has 3 heterocycles. The van der Waals surface area contributed by atoms with Crippen molar-refractivity contribution in [3.05, 3.63) is 164 Å². The van der Waals surface area contributed by atoms with Gasteiger partial charge in [-0.15, -0.1) is 0 Å². The van der Waals surface area contributed by atoms with Gasteiger partial charge in [-0.1, -0.05) is 144 Å². The van der Waals surface area contributed by atoms with Gasteiger partial charge in [-0.25, -0.2) is 0 Å². The van der Waals surface area contributed by atoms with Gasteiger partial charge in [0.2, 0.25) is 6.71 Å². The van der Waals surface area contributed by atoms with Crippen molar-refractivity contribution >= 4 is 90.7 Å². The van der Waals surface area contributed by atoms with Gasteiger partial charge in [-0.2, -0.15) is 0 Å². The minimum Gasteiger partial charge on any atom is -0.0911 e. The number of hydrogen-bond acceptors (Lipinski definition) is 3. The summed E-state index contributed by atoms with van der Waals surface area (Å²) in [7, 11) is 0. The molecule has 0 bridgehead atoms. The van der Waals surface area contributed by atoms with Crippen LogP contribution in [0.15, 0.2) is 193 Å². The topological polar surface area (TPSA) is 0 Å². The van der Waals surface area contributed by atoms with Crippen LogP contribution in [0.2, 0.25) is 0 Å². The van der Waals surface area contributed by atoms with Gasteiger partial charge in [-0.3, -0.25) is 0 Å². The van der Waals surface area contributed by atoms with Gasteiger partial charge < -0.3 is 0 Å². The molecule has 0 atom stereocenters. The SMILES string of the molecule is c1cc(-c2cccc(-c3ccc4c5ccccc5c5ccccc5c4c3)c2)cc(-c2cc3c4c(c2)Sc2cccc5c2B4c2c(cccc2S3)S5)c1. The van der Waals surface area contributed by atoms with Gasteiger partial charge in [-0.05, 0) is 137 Å². The molecule has 240 valence electrons. The number of hydrogen-bond donors (Lipinski definition) is 0. The molecule has 0 fully saturated rings. The molecule has 9 aromatic carbocycles. The second-order valence-corrected chi connectivity index (χ2v) is 17.2. The van der Waals surface area contributed by atoms with E-state index >= 15 is 0 Å². The first kappa shape index (κ1) is 29.5. The average Bonchev–Trinajstić information content (AvgIpc) is 3.21. The van der Waals surface area contributed by atoms with Crippen LogP contribution in [0, 0.1) is 0 Å². The standard InChI is InChI=1S/C48H27BS3/c1-2-15-36-34(13-1)35-14-3-4-16-37(35)39-25-32(21-22-38(36)39)30-11-5-9-28(23-30)29-10-6-12-31(24-29)33-26-44-48-45(27-33)52-43-20-8-18-41-47(43)49(48)46-40(50-41)17-7-19-42(46)51-44/h1-27H. The van der Waals surface area contributed by atoms with Crippen LogP contribution in [-0.2, 0) is 0 Å². The van der Waals surface area contributed by atoms with Crippen LogP contribution in [0.1, 0.15) is 0 Å². The summed E-state index contributed by atoms with van der Waals surface area (Å²) in [5.41, 5.74) is 12.0. The highest BCUT2D eigenvalue weighted by Crippen LogP contribution is 2.46. The summed E-state index contributed by atoms with van der Waals surface area (Å²) >= 11 is 5.84. The van der Waals surface area contributed by atoms with Crippen molar-refractivity contribution in [3.63, 3.8) is 0 Å². The average molecular weight is 711 g/mol. The summed E-state index contributed by atoms with van der Waals surface area (Å²) in [4.78, 5) is 8.41. The van der Waals surface area contributed by atoms with Crippen molar-refractivity contribution < 1.29 is 0 Å². The highest BCUT2D eigenvalue weighted by atomic mass is 32.2. The van der Waals surface area contributed by atoms with E-state index in [1.54, 1.807) is 0 Å².